The van der Waals surface area contributed by atoms with Gasteiger partial charge < -0.3 is 10.2 Å². The molecule has 1 heterocycles. The van der Waals surface area contributed by atoms with Crippen LogP contribution in [0, 0.1) is 6.92 Å². The first-order valence-corrected chi connectivity index (χ1v) is 10.7. The number of sulfonamides is 1. The van der Waals surface area contributed by atoms with E-state index < -0.39 is 10.0 Å². The van der Waals surface area contributed by atoms with Crippen LogP contribution in [-0.4, -0.2) is 48.9 Å². The lowest BCUT2D eigenvalue weighted by Gasteiger charge is -2.35. The van der Waals surface area contributed by atoms with Gasteiger partial charge in [0.15, 0.2) is 5.11 Å². The molecule has 2 aromatic carbocycles. The Morgan fingerprint density at radius 3 is 2.41 bits per heavy atom. The molecule has 1 N–H and O–H groups in total. The largest absolute Gasteiger partial charge is 0.346 e. The van der Waals surface area contributed by atoms with E-state index in [-0.39, 0.29) is 0 Å². The van der Waals surface area contributed by atoms with Crippen LogP contribution in [0.25, 0.3) is 6.08 Å². The number of nitrogens with zero attached hydrogens (tertiary/aromatic N) is 2. The third-order valence-electron chi connectivity index (χ3n) is 4.39. The molecule has 0 aliphatic carbocycles. The highest BCUT2D eigenvalue weighted by Gasteiger charge is 2.26. The molecule has 3 rings (SSSR count). The van der Waals surface area contributed by atoms with Crippen LogP contribution in [0.15, 0.2) is 60.0 Å². The second-order valence-corrected chi connectivity index (χ2v) is 8.65. The minimum atomic E-state index is -3.43. The van der Waals surface area contributed by atoms with Crippen LogP contribution >= 0.6 is 12.2 Å². The van der Waals surface area contributed by atoms with Crippen LogP contribution in [0.5, 0.6) is 0 Å². The Bertz CT molecular complexity index is 919. The fraction of sp³-hybridized carbons (Fsp3) is 0.250. The van der Waals surface area contributed by atoms with Crippen molar-refractivity contribution >= 4 is 39.1 Å². The van der Waals surface area contributed by atoms with E-state index in [9.17, 15) is 8.42 Å². The first-order chi connectivity index (χ1) is 12.9. The SMILES string of the molecule is Cc1cccc(NC(=S)N2CCN(S(=O)(=O)C=Cc3ccccc3)CC2)c1. The van der Waals surface area contributed by atoms with Gasteiger partial charge >= 0.3 is 0 Å². The second kappa shape index (κ2) is 8.65. The summed E-state index contributed by atoms with van der Waals surface area (Å²) >= 11 is 5.48. The van der Waals surface area contributed by atoms with Crippen LogP contribution in [0.1, 0.15) is 11.1 Å². The van der Waals surface area contributed by atoms with E-state index in [0.29, 0.717) is 31.3 Å². The molecule has 7 heteroatoms. The molecule has 1 aliphatic heterocycles. The lowest BCUT2D eigenvalue weighted by molar-refractivity contribution is 0.270. The van der Waals surface area contributed by atoms with E-state index in [4.69, 9.17) is 12.2 Å². The van der Waals surface area contributed by atoms with Crippen molar-refractivity contribution in [1.82, 2.24) is 9.21 Å². The molecule has 0 aromatic heterocycles. The molecule has 1 fully saturated rings. The average molecular weight is 402 g/mol. The monoisotopic (exact) mass is 401 g/mol. The fourth-order valence-electron chi connectivity index (χ4n) is 2.89. The Morgan fingerprint density at radius 1 is 1.04 bits per heavy atom. The summed E-state index contributed by atoms with van der Waals surface area (Å²) in [5.41, 5.74) is 2.97. The molecule has 27 heavy (non-hydrogen) atoms. The number of rotatable bonds is 4. The van der Waals surface area contributed by atoms with Crippen LogP contribution in [0.3, 0.4) is 0 Å². The lowest BCUT2D eigenvalue weighted by atomic mass is 10.2. The zero-order chi connectivity index (χ0) is 19.3. The van der Waals surface area contributed by atoms with Gasteiger partial charge in [-0.25, -0.2) is 8.42 Å². The van der Waals surface area contributed by atoms with Crippen molar-refractivity contribution in [2.24, 2.45) is 0 Å². The lowest BCUT2D eigenvalue weighted by Crippen LogP contribution is -2.51. The number of nitrogens with one attached hydrogen (secondary N) is 1. The molecule has 142 valence electrons. The Kier molecular flexibility index (Phi) is 6.26. The van der Waals surface area contributed by atoms with Crippen molar-refractivity contribution in [3.05, 3.63) is 71.1 Å². The fourth-order valence-corrected chi connectivity index (χ4v) is 4.36. The maximum Gasteiger partial charge on any atom is 0.236 e. The highest BCUT2D eigenvalue weighted by molar-refractivity contribution is 7.92. The van der Waals surface area contributed by atoms with E-state index >= 15 is 0 Å². The molecular weight excluding hydrogens is 378 g/mol. The summed E-state index contributed by atoms with van der Waals surface area (Å²) in [4.78, 5) is 2.00. The summed E-state index contributed by atoms with van der Waals surface area (Å²) in [6.07, 6.45) is 1.63. The Hall–Kier alpha value is -2.22. The maximum absolute atomic E-state index is 12.5. The zero-order valence-electron chi connectivity index (χ0n) is 15.2. The maximum atomic E-state index is 12.5. The summed E-state index contributed by atoms with van der Waals surface area (Å²) < 4.78 is 26.6. The third-order valence-corrected chi connectivity index (χ3v) is 6.31. The highest BCUT2D eigenvalue weighted by atomic mass is 32.2. The van der Waals surface area contributed by atoms with Gasteiger partial charge in [0.25, 0.3) is 0 Å². The van der Waals surface area contributed by atoms with Gasteiger partial charge in [0, 0.05) is 37.3 Å². The van der Waals surface area contributed by atoms with E-state index in [1.54, 1.807) is 6.08 Å². The number of aryl methyl sites for hydroxylation is 1. The molecule has 0 bridgehead atoms. The van der Waals surface area contributed by atoms with Crippen molar-refractivity contribution < 1.29 is 8.42 Å². The third kappa shape index (κ3) is 5.38. The Labute approximate surface area is 166 Å². The molecule has 0 saturated carbocycles. The standard InChI is InChI=1S/C20H23N3O2S2/c1-17-6-5-9-19(16-17)21-20(26)22-11-13-23(14-12-22)27(24,25)15-10-18-7-3-2-4-8-18/h2-10,15-16H,11-14H2,1H3,(H,21,26). The number of piperazine rings is 1. The first-order valence-electron chi connectivity index (χ1n) is 8.80. The van der Waals surface area contributed by atoms with Gasteiger partial charge in [-0.15, -0.1) is 0 Å². The summed E-state index contributed by atoms with van der Waals surface area (Å²) in [5, 5.41) is 5.13. The molecule has 0 radical (unpaired) electrons. The van der Waals surface area contributed by atoms with Crippen LogP contribution < -0.4 is 5.32 Å². The van der Waals surface area contributed by atoms with Crippen molar-refractivity contribution in [2.75, 3.05) is 31.5 Å². The number of hydrogen-bond donors (Lipinski definition) is 1. The average Bonchev–Trinajstić information content (AvgIpc) is 2.67. The number of hydrogen-bond acceptors (Lipinski definition) is 3. The normalized spacial score (nSPS) is 15.8. The topological polar surface area (TPSA) is 52.6 Å². The summed E-state index contributed by atoms with van der Waals surface area (Å²) in [6, 6.07) is 17.4. The van der Waals surface area contributed by atoms with Crippen molar-refractivity contribution in [3.63, 3.8) is 0 Å². The van der Waals surface area contributed by atoms with Crippen molar-refractivity contribution in [2.45, 2.75) is 6.92 Å². The predicted octanol–water partition coefficient (Wildman–Crippen LogP) is 3.31. The van der Waals surface area contributed by atoms with E-state index in [0.717, 1.165) is 16.8 Å². The van der Waals surface area contributed by atoms with Gasteiger partial charge in [0.05, 0.1) is 0 Å². The quantitative estimate of drug-likeness (QED) is 0.797. The van der Waals surface area contributed by atoms with Crippen LogP contribution in [0.2, 0.25) is 0 Å². The second-order valence-electron chi connectivity index (χ2n) is 6.44. The molecule has 0 atom stereocenters. The van der Waals surface area contributed by atoms with Crippen LogP contribution in [-0.2, 0) is 10.0 Å². The van der Waals surface area contributed by atoms with Gasteiger partial charge in [-0.1, -0.05) is 42.5 Å². The molecule has 1 aliphatic rings. The van der Waals surface area contributed by atoms with Gasteiger partial charge in [-0.3, -0.25) is 0 Å². The Balaban J connectivity index is 1.56. The summed E-state index contributed by atoms with van der Waals surface area (Å²) in [5.74, 6) is 0. The van der Waals surface area contributed by atoms with Gasteiger partial charge in [-0.2, -0.15) is 4.31 Å². The zero-order valence-corrected chi connectivity index (χ0v) is 16.8. The molecule has 5 nitrogen and oxygen atoms in total. The number of thiocarbonyl (C=S) groups is 1. The minimum Gasteiger partial charge on any atom is -0.346 e. The van der Waals surface area contributed by atoms with Gasteiger partial charge in [0.1, 0.15) is 0 Å². The smallest absolute Gasteiger partial charge is 0.236 e. The molecule has 2 aromatic rings. The van der Waals surface area contributed by atoms with Crippen molar-refractivity contribution in [3.8, 4) is 0 Å². The molecule has 0 unspecified atom stereocenters. The van der Waals surface area contributed by atoms with E-state index in [2.05, 4.69) is 5.32 Å². The molecular formula is C20H23N3O2S2. The van der Waals surface area contributed by atoms with Crippen molar-refractivity contribution in [1.29, 1.82) is 0 Å². The molecule has 0 amide bonds. The Morgan fingerprint density at radius 2 is 1.74 bits per heavy atom. The summed E-state index contributed by atoms with van der Waals surface area (Å²) in [6.45, 7) is 3.99. The first kappa shape index (κ1) is 19.5. The molecule has 0 spiro atoms. The van der Waals surface area contributed by atoms with E-state index in [1.807, 2.05) is 66.4 Å². The number of anilines is 1. The summed E-state index contributed by atoms with van der Waals surface area (Å²) in [7, 11) is -3.43. The molecule has 1 saturated heterocycles. The van der Waals surface area contributed by atoms with Gasteiger partial charge in [0.2, 0.25) is 10.0 Å². The van der Waals surface area contributed by atoms with E-state index in [1.165, 1.54) is 9.71 Å². The van der Waals surface area contributed by atoms with Crippen LogP contribution in [0.4, 0.5) is 5.69 Å². The number of benzene rings is 2. The minimum absolute atomic E-state index is 0.414. The van der Waals surface area contributed by atoms with Gasteiger partial charge in [-0.05, 0) is 48.5 Å². The highest BCUT2D eigenvalue weighted by Crippen LogP contribution is 2.14. The predicted molar refractivity (Wildman–Crippen MR) is 115 cm³/mol.